The lowest BCUT2D eigenvalue weighted by Gasteiger charge is -2.14. The van der Waals surface area contributed by atoms with Crippen LogP contribution >= 0.6 is 0 Å². The van der Waals surface area contributed by atoms with Crippen LogP contribution in [0.25, 0.3) is 0 Å². The molecule has 1 aromatic rings. The van der Waals surface area contributed by atoms with Gasteiger partial charge in [-0.1, -0.05) is 12.1 Å². The Labute approximate surface area is 115 Å². The van der Waals surface area contributed by atoms with E-state index in [9.17, 15) is 18.3 Å². The molecule has 0 aliphatic carbocycles. The molecule has 0 bridgehead atoms. The minimum absolute atomic E-state index is 0.0342. The van der Waals surface area contributed by atoms with E-state index in [1.54, 1.807) is 24.3 Å². The summed E-state index contributed by atoms with van der Waals surface area (Å²) in [7, 11) is 0. The molecule has 0 amide bonds. The molecular weight excluding hydrogens is 275 g/mol. The average molecular weight is 293 g/mol. The number of hydrogen-bond acceptors (Lipinski definition) is 4. The minimum atomic E-state index is -4.17. The first-order valence-corrected chi connectivity index (χ1v) is 6.18. The number of nitrogen functional groups attached to an aromatic ring is 1. The first-order chi connectivity index (χ1) is 9.38. The molecule has 0 saturated carbocycles. The second-order valence-electron chi connectivity index (χ2n) is 4.30. The summed E-state index contributed by atoms with van der Waals surface area (Å²) in [6.45, 7) is -0.165. The third-order valence-electron chi connectivity index (χ3n) is 2.41. The zero-order valence-electron chi connectivity index (χ0n) is 10.9. The lowest BCUT2D eigenvalue weighted by atomic mass is 10.3. The van der Waals surface area contributed by atoms with Crippen molar-refractivity contribution in [3.63, 3.8) is 0 Å². The van der Waals surface area contributed by atoms with E-state index in [1.165, 1.54) is 0 Å². The summed E-state index contributed by atoms with van der Waals surface area (Å²) >= 11 is 0. The van der Waals surface area contributed by atoms with E-state index in [4.69, 9.17) is 15.2 Å². The van der Waals surface area contributed by atoms with Crippen LogP contribution in [0.4, 0.5) is 18.9 Å². The van der Waals surface area contributed by atoms with E-state index in [0.717, 1.165) is 0 Å². The molecule has 0 radical (unpaired) electrons. The number of rotatable bonds is 8. The molecule has 0 heterocycles. The van der Waals surface area contributed by atoms with E-state index in [2.05, 4.69) is 0 Å². The Morgan fingerprint density at radius 2 is 1.90 bits per heavy atom. The number of nitrogens with two attached hydrogens (primary N) is 1. The Morgan fingerprint density at radius 1 is 1.20 bits per heavy atom. The van der Waals surface area contributed by atoms with Crippen LogP contribution < -0.4 is 10.5 Å². The molecule has 1 unspecified atom stereocenters. The molecular formula is C13H18F3NO3. The van der Waals surface area contributed by atoms with Crippen LogP contribution in [0.5, 0.6) is 5.75 Å². The highest BCUT2D eigenvalue weighted by atomic mass is 19.4. The van der Waals surface area contributed by atoms with Crippen LogP contribution in [0.1, 0.15) is 12.8 Å². The van der Waals surface area contributed by atoms with Crippen molar-refractivity contribution in [3.8, 4) is 5.75 Å². The van der Waals surface area contributed by atoms with Gasteiger partial charge in [0.2, 0.25) is 0 Å². The Morgan fingerprint density at radius 3 is 2.55 bits per heavy atom. The molecule has 4 nitrogen and oxygen atoms in total. The van der Waals surface area contributed by atoms with Crippen molar-refractivity contribution in [1.82, 2.24) is 0 Å². The van der Waals surface area contributed by atoms with E-state index in [1.807, 2.05) is 0 Å². The third kappa shape index (κ3) is 7.20. The molecule has 1 rings (SSSR count). The summed E-state index contributed by atoms with van der Waals surface area (Å²) in [4.78, 5) is 0. The normalized spacial score (nSPS) is 13.2. The van der Waals surface area contributed by atoms with E-state index < -0.39 is 18.7 Å². The first-order valence-electron chi connectivity index (χ1n) is 6.18. The van der Waals surface area contributed by atoms with Crippen molar-refractivity contribution >= 4 is 5.69 Å². The molecule has 0 spiro atoms. The second-order valence-corrected chi connectivity index (χ2v) is 4.30. The van der Waals surface area contributed by atoms with Crippen LogP contribution in [-0.2, 0) is 4.74 Å². The number of benzene rings is 1. The number of ether oxygens (including phenoxy) is 2. The van der Waals surface area contributed by atoms with Crippen molar-refractivity contribution in [3.05, 3.63) is 24.3 Å². The Kier molecular flexibility index (Phi) is 6.60. The Balaban J connectivity index is 2.12. The first kappa shape index (κ1) is 16.6. The number of hydrogen-bond donors (Lipinski definition) is 2. The molecule has 0 saturated heterocycles. The monoisotopic (exact) mass is 293 g/mol. The number of para-hydroxylation sites is 2. The molecule has 1 atom stereocenters. The highest BCUT2D eigenvalue weighted by molar-refractivity contribution is 5.51. The van der Waals surface area contributed by atoms with Crippen molar-refractivity contribution < 1.29 is 27.8 Å². The molecule has 1 aromatic carbocycles. The predicted molar refractivity (Wildman–Crippen MR) is 68.5 cm³/mol. The molecule has 20 heavy (non-hydrogen) atoms. The largest absolute Gasteiger partial charge is 0.489 e. The van der Waals surface area contributed by atoms with E-state index in [0.29, 0.717) is 11.4 Å². The third-order valence-corrected chi connectivity index (χ3v) is 2.41. The van der Waals surface area contributed by atoms with E-state index >= 15 is 0 Å². The van der Waals surface area contributed by atoms with Gasteiger partial charge in [-0.25, -0.2) is 0 Å². The van der Waals surface area contributed by atoms with E-state index in [-0.39, 0.29) is 26.2 Å². The fraction of sp³-hybridized carbons (Fsp3) is 0.538. The average Bonchev–Trinajstić information content (AvgIpc) is 2.36. The van der Waals surface area contributed by atoms with Gasteiger partial charge in [0.25, 0.3) is 0 Å². The quantitative estimate of drug-likeness (QED) is 0.570. The van der Waals surface area contributed by atoms with Crippen molar-refractivity contribution in [2.45, 2.75) is 25.1 Å². The number of anilines is 1. The fourth-order valence-corrected chi connectivity index (χ4v) is 1.44. The highest BCUT2D eigenvalue weighted by Gasteiger charge is 2.25. The van der Waals surface area contributed by atoms with Crippen molar-refractivity contribution in [1.29, 1.82) is 0 Å². The van der Waals surface area contributed by atoms with Crippen LogP contribution in [0, 0.1) is 0 Å². The molecule has 3 N–H and O–H groups in total. The predicted octanol–water partition coefficient (Wildman–Crippen LogP) is 2.37. The van der Waals surface area contributed by atoms with Crippen LogP contribution in [0.3, 0.4) is 0 Å². The minimum Gasteiger partial charge on any atom is -0.489 e. The summed E-state index contributed by atoms with van der Waals surface area (Å²) in [5, 5.41) is 9.55. The smallest absolute Gasteiger partial charge is 0.389 e. The standard InChI is InChI=1S/C13H18F3NO3/c14-13(15,16)6-3-7-19-8-10(18)9-20-12-5-2-1-4-11(12)17/h1-2,4-5,10,18H,3,6-9,17H2. The van der Waals surface area contributed by atoms with Gasteiger partial charge in [0, 0.05) is 13.0 Å². The van der Waals surface area contributed by atoms with Gasteiger partial charge in [-0.15, -0.1) is 0 Å². The van der Waals surface area contributed by atoms with Gasteiger partial charge in [-0.2, -0.15) is 13.2 Å². The maximum Gasteiger partial charge on any atom is 0.389 e. The number of alkyl halides is 3. The molecule has 0 aliphatic heterocycles. The van der Waals surface area contributed by atoms with Crippen LogP contribution in [0.15, 0.2) is 24.3 Å². The van der Waals surface area contributed by atoms with Crippen LogP contribution in [-0.4, -0.2) is 37.2 Å². The number of halogens is 3. The Bertz CT molecular complexity index is 399. The number of aliphatic hydroxyl groups excluding tert-OH is 1. The zero-order valence-corrected chi connectivity index (χ0v) is 10.9. The fourth-order valence-electron chi connectivity index (χ4n) is 1.44. The number of aliphatic hydroxyl groups is 1. The lowest BCUT2D eigenvalue weighted by Crippen LogP contribution is -2.24. The molecule has 7 heteroatoms. The molecule has 0 aliphatic rings. The molecule has 0 aromatic heterocycles. The van der Waals surface area contributed by atoms with Gasteiger partial charge in [0.15, 0.2) is 0 Å². The van der Waals surface area contributed by atoms with Gasteiger partial charge in [0.1, 0.15) is 18.5 Å². The molecule has 114 valence electrons. The van der Waals surface area contributed by atoms with Gasteiger partial charge < -0.3 is 20.3 Å². The van der Waals surface area contributed by atoms with Crippen molar-refractivity contribution in [2.24, 2.45) is 0 Å². The van der Waals surface area contributed by atoms with Crippen molar-refractivity contribution in [2.75, 3.05) is 25.6 Å². The van der Waals surface area contributed by atoms with Gasteiger partial charge in [-0.3, -0.25) is 0 Å². The maximum atomic E-state index is 11.9. The van der Waals surface area contributed by atoms with Gasteiger partial charge in [-0.05, 0) is 18.6 Å². The lowest BCUT2D eigenvalue weighted by molar-refractivity contribution is -0.138. The summed E-state index contributed by atoms with van der Waals surface area (Å²) in [5.74, 6) is 0.448. The topological polar surface area (TPSA) is 64.7 Å². The maximum absolute atomic E-state index is 11.9. The summed E-state index contributed by atoms with van der Waals surface area (Å²) in [6.07, 6.45) is -6.10. The second kappa shape index (κ2) is 7.96. The van der Waals surface area contributed by atoms with Gasteiger partial charge in [0.05, 0.1) is 12.3 Å². The van der Waals surface area contributed by atoms with Gasteiger partial charge >= 0.3 is 6.18 Å². The summed E-state index contributed by atoms with van der Waals surface area (Å²) in [6, 6.07) is 6.82. The van der Waals surface area contributed by atoms with Crippen LogP contribution in [0.2, 0.25) is 0 Å². The summed E-state index contributed by atoms with van der Waals surface area (Å²) in [5.41, 5.74) is 6.09. The zero-order chi connectivity index (χ0) is 15.0. The highest BCUT2D eigenvalue weighted by Crippen LogP contribution is 2.21. The summed E-state index contributed by atoms with van der Waals surface area (Å²) < 4.78 is 45.8. The Hall–Kier alpha value is -1.47. The molecule has 0 fully saturated rings. The SMILES string of the molecule is Nc1ccccc1OCC(O)COCCCC(F)(F)F.